The number of carbonyl (C=O) groups excluding carboxylic acids is 1. The van der Waals surface area contributed by atoms with Crippen LogP contribution >= 0.6 is 23.2 Å². The number of anilines is 1. The summed E-state index contributed by atoms with van der Waals surface area (Å²) in [6.07, 6.45) is -1.14. The highest BCUT2D eigenvalue weighted by Crippen LogP contribution is 2.29. The SMILES string of the molecule is CC(Oc1ccc(Cl)cc1Cl)C(=O)Nc1cc(CC(=O)O)ccc1O. The van der Waals surface area contributed by atoms with Crippen molar-refractivity contribution in [2.45, 2.75) is 19.4 Å². The third-order valence-electron chi connectivity index (χ3n) is 3.24. The van der Waals surface area contributed by atoms with Crippen LogP contribution in [0.3, 0.4) is 0 Å². The standard InChI is InChI=1S/C17H15Cl2NO5/c1-9(25-15-5-3-11(18)8-12(15)19)17(24)20-13-6-10(7-16(22)23)2-4-14(13)21/h2-6,8-9,21H,7H2,1H3,(H,20,24)(H,22,23). The fourth-order valence-electron chi connectivity index (χ4n) is 2.02. The molecule has 0 bridgehead atoms. The summed E-state index contributed by atoms with van der Waals surface area (Å²) in [7, 11) is 0. The Morgan fingerprint density at radius 1 is 1.20 bits per heavy atom. The molecule has 0 saturated carbocycles. The molecule has 25 heavy (non-hydrogen) atoms. The predicted molar refractivity (Wildman–Crippen MR) is 94.6 cm³/mol. The molecule has 0 spiro atoms. The molecule has 6 nitrogen and oxygen atoms in total. The van der Waals surface area contributed by atoms with E-state index in [-0.39, 0.29) is 28.6 Å². The minimum Gasteiger partial charge on any atom is -0.506 e. The minimum absolute atomic E-state index is 0.0985. The maximum Gasteiger partial charge on any atom is 0.307 e. The van der Waals surface area contributed by atoms with E-state index in [2.05, 4.69) is 5.32 Å². The van der Waals surface area contributed by atoms with E-state index in [1.165, 1.54) is 31.2 Å². The fourth-order valence-corrected chi connectivity index (χ4v) is 2.47. The number of aromatic hydroxyl groups is 1. The predicted octanol–water partition coefficient (Wildman–Crippen LogP) is 3.73. The lowest BCUT2D eigenvalue weighted by molar-refractivity contribution is -0.136. The third-order valence-corrected chi connectivity index (χ3v) is 3.77. The highest BCUT2D eigenvalue weighted by atomic mass is 35.5. The van der Waals surface area contributed by atoms with E-state index in [9.17, 15) is 14.7 Å². The second-order valence-electron chi connectivity index (χ2n) is 5.25. The first-order valence-electron chi connectivity index (χ1n) is 7.22. The summed E-state index contributed by atoms with van der Waals surface area (Å²) in [5, 5.41) is 21.8. The highest BCUT2D eigenvalue weighted by Gasteiger charge is 2.18. The molecule has 2 aromatic rings. The average Bonchev–Trinajstić information content (AvgIpc) is 2.52. The molecule has 0 aliphatic heterocycles. The molecule has 2 aromatic carbocycles. The summed E-state index contributed by atoms with van der Waals surface area (Å²) in [5.41, 5.74) is 0.538. The number of benzene rings is 2. The Labute approximate surface area is 153 Å². The lowest BCUT2D eigenvalue weighted by atomic mass is 10.1. The van der Waals surface area contributed by atoms with Crippen LogP contribution in [0.4, 0.5) is 5.69 Å². The Morgan fingerprint density at radius 3 is 2.56 bits per heavy atom. The van der Waals surface area contributed by atoms with Gasteiger partial charge in [-0.3, -0.25) is 9.59 Å². The van der Waals surface area contributed by atoms with Gasteiger partial charge in [-0.05, 0) is 42.8 Å². The monoisotopic (exact) mass is 383 g/mol. The van der Waals surface area contributed by atoms with E-state index in [1.807, 2.05) is 0 Å². The molecule has 1 amide bonds. The number of phenolic OH excluding ortho intramolecular Hbond substituents is 1. The lowest BCUT2D eigenvalue weighted by Crippen LogP contribution is -2.30. The quantitative estimate of drug-likeness (QED) is 0.660. The minimum atomic E-state index is -1.02. The van der Waals surface area contributed by atoms with Gasteiger partial charge in [-0.15, -0.1) is 0 Å². The Bertz CT molecular complexity index is 810. The average molecular weight is 384 g/mol. The summed E-state index contributed by atoms with van der Waals surface area (Å²) in [5.74, 6) is -1.44. The van der Waals surface area contributed by atoms with Crippen molar-refractivity contribution in [1.29, 1.82) is 0 Å². The second kappa shape index (κ2) is 8.09. The Hall–Kier alpha value is -2.44. The zero-order valence-electron chi connectivity index (χ0n) is 13.1. The molecule has 0 fully saturated rings. The smallest absolute Gasteiger partial charge is 0.307 e. The van der Waals surface area contributed by atoms with Crippen LogP contribution in [0.1, 0.15) is 12.5 Å². The van der Waals surface area contributed by atoms with Crippen molar-refractivity contribution in [2.75, 3.05) is 5.32 Å². The molecule has 3 N–H and O–H groups in total. The molecular formula is C17H15Cl2NO5. The summed E-state index contributed by atoms with van der Waals surface area (Å²) in [6.45, 7) is 1.51. The van der Waals surface area contributed by atoms with E-state index < -0.39 is 18.0 Å². The van der Waals surface area contributed by atoms with Crippen molar-refractivity contribution >= 4 is 40.8 Å². The van der Waals surface area contributed by atoms with Gasteiger partial charge in [0.25, 0.3) is 5.91 Å². The fraction of sp³-hybridized carbons (Fsp3) is 0.176. The number of rotatable bonds is 6. The van der Waals surface area contributed by atoms with Crippen LogP contribution in [0.25, 0.3) is 0 Å². The van der Waals surface area contributed by atoms with E-state index in [0.717, 1.165) is 0 Å². The van der Waals surface area contributed by atoms with E-state index in [4.69, 9.17) is 33.0 Å². The van der Waals surface area contributed by atoms with Crippen molar-refractivity contribution in [2.24, 2.45) is 0 Å². The molecule has 0 saturated heterocycles. The van der Waals surface area contributed by atoms with Crippen molar-refractivity contribution in [3.05, 3.63) is 52.0 Å². The molecule has 132 valence electrons. The molecule has 0 aliphatic rings. The lowest BCUT2D eigenvalue weighted by Gasteiger charge is -2.16. The summed E-state index contributed by atoms with van der Waals surface area (Å²) in [4.78, 5) is 23.0. The second-order valence-corrected chi connectivity index (χ2v) is 6.09. The van der Waals surface area contributed by atoms with Gasteiger partial charge >= 0.3 is 5.97 Å². The number of phenols is 1. The van der Waals surface area contributed by atoms with Gasteiger partial charge in [-0.1, -0.05) is 29.3 Å². The first-order valence-corrected chi connectivity index (χ1v) is 7.98. The van der Waals surface area contributed by atoms with E-state index in [0.29, 0.717) is 10.6 Å². The zero-order chi connectivity index (χ0) is 18.6. The van der Waals surface area contributed by atoms with Crippen molar-refractivity contribution in [1.82, 2.24) is 0 Å². The number of carboxylic acids is 1. The molecule has 1 unspecified atom stereocenters. The summed E-state index contributed by atoms with van der Waals surface area (Å²) >= 11 is 11.8. The molecular weight excluding hydrogens is 369 g/mol. The number of carbonyl (C=O) groups is 2. The van der Waals surface area contributed by atoms with E-state index >= 15 is 0 Å². The maximum absolute atomic E-state index is 12.2. The summed E-state index contributed by atoms with van der Waals surface area (Å²) in [6, 6.07) is 8.78. The van der Waals surface area contributed by atoms with E-state index in [1.54, 1.807) is 12.1 Å². The number of hydrogen-bond acceptors (Lipinski definition) is 4. The third kappa shape index (κ3) is 5.27. The number of amides is 1. The first-order chi connectivity index (χ1) is 11.8. The first kappa shape index (κ1) is 18.9. The summed E-state index contributed by atoms with van der Waals surface area (Å²) < 4.78 is 5.49. The van der Waals surface area contributed by atoms with Crippen LogP contribution in [0.15, 0.2) is 36.4 Å². The van der Waals surface area contributed by atoms with Gasteiger partial charge in [0.15, 0.2) is 6.10 Å². The van der Waals surface area contributed by atoms with Crippen LogP contribution in [0.5, 0.6) is 11.5 Å². The molecule has 2 rings (SSSR count). The maximum atomic E-state index is 12.2. The van der Waals surface area contributed by atoms with Gasteiger partial charge in [0.1, 0.15) is 11.5 Å². The van der Waals surface area contributed by atoms with Gasteiger partial charge in [0.05, 0.1) is 17.1 Å². The van der Waals surface area contributed by atoms with Gasteiger partial charge in [-0.2, -0.15) is 0 Å². The topological polar surface area (TPSA) is 95.9 Å². The Balaban J connectivity index is 2.09. The number of halogens is 2. The molecule has 0 radical (unpaired) electrons. The van der Waals surface area contributed by atoms with Gasteiger partial charge in [-0.25, -0.2) is 0 Å². The van der Waals surface area contributed by atoms with Crippen molar-refractivity contribution in [3.8, 4) is 11.5 Å². The highest BCUT2D eigenvalue weighted by molar-refractivity contribution is 6.35. The largest absolute Gasteiger partial charge is 0.506 e. The van der Waals surface area contributed by atoms with Gasteiger partial charge in [0, 0.05) is 5.02 Å². The van der Waals surface area contributed by atoms with Crippen LogP contribution in [-0.2, 0) is 16.0 Å². The molecule has 0 aliphatic carbocycles. The van der Waals surface area contributed by atoms with Crippen LogP contribution < -0.4 is 10.1 Å². The van der Waals surface area contributed by atoms with Gasteiger partial charge < -0.3 is 20.3 Å². The van der Waals surface area contributed by atoms with Crippen LogP contribution in [0, 0.1) is 0 Å². The number of nitrogens with one attached hydrogen (secondary N) is 1. The van der Waals surface area contributed by atoms with Gasteiger partial charge in [0.2, 0.25) is 0 Å². The van der Waals surface area contributed by atoms with Crippen LogP contribution in [0.2, 0.25) is 10.0 Å². The molecule has 1 atom stereocenters. The zero-order valence-corrected chi connectivity index (χ0v) is 14.6. The van der Waals surface area contributed by atoms with Crippen LogP contribution in [-0.4, -0.2) is 28.2 Å². The number of carboxylic acid groups (broad SMARTS) is 1. The number of hydrogen-bond donors (Lipinski definition) is 3. The molecule has 0 heterocycles. The molecule has 8 heteroatoms. The van der Waals surface area contributed by atoms with Crippen molar-refractivity contribution < 1.29 is 24.5 Å². The number of ether oxygens (including phenoxy) is 1. The number of aliphatic carboxylic acids is 1. The molecule has 0 aromatic heterocycles. The van der Waals surface area contributed by atoms with Crippen molar-refractivity contribution in [3.63, 3.8) is 0 Å². The Morgan fingerprint density at radius 2 is 1.92 bits per heavy atom. The Kier molecular flexibility index (Phi) is 6.12. The normalized spacial score (nSPS) is 11.6.